The van der Waals surface area contributed by atoms with Gasteiger partial charge in [0.1, 0.15) is 12.4 Å². The first kappa shape index (κ1) is 11.7. The molecule has 0 aliphatic carbocycles. The summed E-state index contributed by atoms with van der Waals surface area (Å²) >= 11 is 1.64. The van der Waals surface area contributed by atoms with E-state index in [1.54, 1.807) is 35.6 Å². The van der Waals surface area contributed by atoms with Crippen LogP contribution in [0, 0.1) is 0 Å². The molecule has 0 atom stereocenters. The minimum atomic E-state index is -0.339. The largest absolute Gasteiger partial charge is 0.489 e. The lowest BCUT2D eigenvalue weighted by atomic mass is 10.2. The Kier molecular flexibility index (Phi) is 3.77. The molecule has 0 spiro atoms. The van der Waals surface area contributed by atoms with Crippen LogP contribution in [0.25, 0.3) is 0 Å². The minimum absolute atomic E-state index is 0.339. The SMILES string of the molecule is COC(=O)c1ccc(OCc2ccsc2)cc1. The van der Waals surface area contributed by atoms with Crippen molar-refractivity contribution in [1.29, 1.82) is 0 Å². The van der Waals surface area contributed by atoms with E-state index in [1.807, 2.05) is 16.8 Å². The second-order valence-electron chi connectivity index (χ2n) is 3.44. The van der Waals surface area contributed by atoms with E-state index in [9.17, 15) is 4.79 Å². The number of benzene rings is 1. The third-order valence-electron chi connectivity index (χ3n) is 2.26. The van der Waals surface area contributed by atoms with Gasteiger partial charge < -0.3 is 9.47 Å². The van der Waals surface area contributed by atoms with E-state index in [1.165, 1.54) is 7.11 Å². The molecular weight excluding hydrogens is 236 g/mol. The summed E-state index contributed by atoms with van der Waals surface area (Å²) in [6, 6.07) is 8.92. The molecule has 3 nitrogen and oxygen atoms in total. The lowest BCUT2D eigenvalue weighted by molar-refractivity contribution is 0.0600. The highest BCUT2D eigenvalue weighted by Crippen LogP contribution is 2.15. The van der Waals surface area contributed by atoms with Crippen LogP contribution in [0.3, 0.4) is 0 Å². The Morgan fingerprint density at radius 2 is 2.00 bits per heavy atom. The summed E-state index contributed by atoms with van der Waals surface area (Å²) in [5.74, 6) is 0.401. The van der Waals surface area contributed by atoms with E-state index in [0.717, 1.165) is 11.3 Å². The molecule has 0 amide bonds. The maximum atomic E-state index is 11.2. The minimum Gasteiger partial charge on any atom is -0.489 e. The van der Waals surface area contributed by atoms with Crippen LogP contribution in [0.1, 0.15) is 15.9 Å². The van der Waals surface area contributed by atoms with Crippen LogP contribution in [0.4, 0.5) is 0 Å². The molecule has 88 valence electrons. The predicted octanol–water partition coefficient (Wildman–Crippen LogP) is 3.11. The van der Waals surface area contributed by atoms with E-state index in [-0.39, 0.29) is 5.97 Å². The normalized spacial score (nSPS) is 9.94. The van der Waals surface area contributed by atoms with Gasteiger partial charge in [0.05, 0.1) is 12.7 Å². The molecular formula is C13H12O3S. The van der Waals surface area contributed by atoms with Gasteiger partial charge in [-0.15, -0.1) is 0 Å². The molecule has 0 saturated heterocycles. The molecule has 0 bridgehead atoms. The fourth-order valence-corrected chi connectivity index (χ4v) is 2.00. The van der Waals surface area contributed by atoms with Gasteiger partial charge in [-0.2, -0.15) is 11.3 Å². The number of hydrogen-bond acceptors (Lipinski definition) is 4. The van der Waals surface area contributed by atoms with Gasteiger partial charge >= 0.3 is 5.97 Å². The standard InChI is InChI=1S/C13H12O3S/c1-15-13(14)11-2-4-12(5-3-11)16-8-10-6-7-17-9-10/h2-7,9H,8H2,1H3. The van der Waals surface area contributed by atoms with Crippen molar-refractivity contribution < 1.29 is 14.3 Å². The zero-order valence-electron chi connectivity index (χ0n) is 9.38. The zero-order chi connectivity index (χ0) is 12.1. The molecule has 0 radical (unpaired) electrons. The fourth-order valence-electron chi connectivity index (χ4n) is 1.35. The molecule has 1 aromatic heterocycles. The van der Waals surface area contributed by atoms with Crippen molar-refractivity contribution in [3.63, 3.8) is 0 Å². The van der Waals surface area contributed by atoms with Crippen molar-refractivity contribution in [2.75, 3.05) is 7.11 Å². The number of methoxy groups -OCH3 is 1. The maximum absolute atomic E-state index is 11.2. The first-order chi connectivity index (χ1) is 8.29. The second-order valence-corrected chi connectivity index (χ2v) is 4.22. The molecule has 17 heavy (non-hydrogen) atoms. The van der Waals surface area contributed by atoms with Crippen molar-refractivity contribution >= 4 is 17.3 Å². The Bertz CT molecular complexity index is 474. The van der Waals surface area contributed by atoms with Gasteiger partial charge in [-0.3, -0.25) is 0 Å². The fraction of sp³-hybridized carbons (Fsp3) is 0.154. The quantitative estimate of drug-likeness (QED) is 0.780. The number of rotatable bonds is 4. The Morgan fingerprint density at radius 3 is 2.59 bits per heavy atom. The summed E-state index contributed by atoms with van der Waals surface area (Å²) in [5.41, 5.74) is 1.67. The highest BCUT2D eigenvalue weighted by atomic mass is 32.1. The van der Waals surface area contributed by atoms with Crippen molar-refractivity contribution in [3.8, 4) is 5.75 Å². The van der Waals surface area contributed by atoms with Gasteiger partial charge in [0.2, 0.25) is 0 Å². The molecule has 1 heterocycles. The topological polar surface area (TPSA) is 35.5 Å². The molecule has 0 unspecified atom stereocenters. The van der Waals surface area contributed by atoms with Crippen LogP contribution in [0.5, 0.6) is 5.75 Å². The molecule has 0 saturated carbocycles. The van der Waals surface area contributed by atoms with Gasteiger partial charge in [-0.25, -0.2) is 4.79 Å². The Labute approximate surface area is 104 Å². The molecule has 0 aliphatic heterocycles. The Hall–Kier alpha value is -1.81. The first-order valence-electron chi connectivity index (χ1n) is 5.12. The van der Waals surface area contributed by atoms with Crippen LogP contribution in [-0.4, -0.2) is 13.1 Å². The van der Waals surface area contributed by atoms with Crippen molar-refractivity contribution in [2.45, 2.75) is 6.61 Å². The second kappa shape index (κ2) is 5.50. The molecule has 0 aliphatic rings. The average molecular weight is 248 g/mol. The molecule has 2 aromatic rings. The molecule has 2 rings (SSSR count). The van der Waals surface area contributed by atoms with Crippen molar-refractivity contribution in [1.82, 2.24) is 0 Å². The monoisotopic (exact) mass is 248 g/mol. The number of carbonyl (C=O) groups is 1. The lowest BCUT2D eigenvalue weighted by Gasteiger charge is -2.05. The summed E-state index contributed by atoms with van der Waals surface area (Å²) in [4.78, 5) is 11.2. The number of hydrogen-bond donors (Lipinski definition) is 0. The zero-order valence-corrected chi connectivity index (χ0v) is 10.2. The summed E-state index contributed by atoms with van der Waals surface area (Å²) in [7, 11) is 1.36. The number of carbonyl (C=O) groups excluding carboxylic acids is 1. The van der Waals surface area contributed by atoms with Crippen molar-refractivity contribution in [3.05, 3.63) is 52.2 Å². The smallest absolute Gasteiger partial charge is 0.337 e. The van der Waals surface area contributed by atoms with E-state index >= 15 is 0 Å². The van der Waals surface area contributed by atoms with E-state index in [0.29, 0.717) is 12.2 Å². The summed E-state index contributed by atoms with van der Waals surface area (Å²) in [6.45, 7) is 0.543. The van der Waals surface area contributed by atoms with Gasteiger partial charge in [-0.1, -0.05) is 0 Å². The van der Waals surface area contributed by atoms with Crippen LogP contribution in [0.15, 0.2) is 41.1 Å². The van der Waals surface area contributed by atoms with Gasteiger partial charge in [-0.05, 0) is 46.7 Å². The Morgan fingerprint density at radius 1 is 1.24 bits per heavy atom. The number of thiophene rings is 1. The summed E-state index contributed by atoms with van der Waals surface area (Å²) < 4.78 is 10.2. The number of esters is 1. The van der Waals surface area contributed by atoms with Gasteiger partial charge in [0.15, 0.2) is 0 Å². The van der Waals surface area contributed by atoms with E-state index in [4.69, 9.17) is 4.74 Å². The maximum Gasteiger partial charge on any atom is 0.337 e. The summed E-state index contributed by atoms with van der Waals surface area (Å²) in [6.07, 6.45) is 0. The highest BCUT2D eigenvalue weighted by Gasteiger charge is 2.04. The van der Waals surface area contributed by atoms with Crippen molar-refractivity contribution in [2.24, 2.45) is 0 Å². The molecule has 1 aromatic carbocycles. The van der Waals surface area contributed by atoms with E-state index < -0.39 is 0 Å². The Balaban J connectivity index is 1.96. The van der Waals surface area contributed by atoms with Gasteiger partial charge in [0.25, 0.3) is 0 Å². The first-order valence-corrected chi connectivity index (χ1v) is 6.06. The predicted molar refractivity (Wildman–Crippen MR) is 66.4 cm³/mol. The van der Waals surface area contributed by atoms with Crippen LogP contribution in [-0.2, 0) is 11.3 Å². The molecule has 0 fully saturated rings. The third-order valence-corrected chi connectivity index (χ3v) is 2.99. The van der Waals surface area contributed by atoms with Gasteiger partial charge in [0, 0.05) is 0 Å². The van der Waals surface area contributed by atoms with Crippen LogP contribution in [0.2, 0.25) is 0 Å². The summed E-state index contributed by atoms with van der Waals surface area (Å²) in [5, 5.41) is 4.06. The third kappa shape index (κ3) is 3.07. The van der Waals surface area contributed by atoms with Crippen LogP contribution < -0.4 is 4.74 Å². The van der Waals surface area contributed by atoms with E-state index in [2.05, 4.69) is 4.74 Å². The lowest BCUT2D eigenvalue weighted by Crippen LogP contribution is -2.01. The number of ether oxygens (including phenoxy) is 2. The van der Waals surface area contributed by atoms with Crippen LogP contribution >= 0.6 is 11.3 Å². The average Bonchev–Trinajstić information content (AvgIpc) is 2.89. The molecule has 4 heteroatoms. The highest BCUT2D eigenvalue weighted by molar-refractivity contribution is 7.07. The molecule has 0 N–H and O–H groups in total.